The molecule has 0 amide bonds. The van der Waals surface area contributed by atoms with Gasteiger partial charge in [-0.3, -0.25) is 4.90 Å². The molecule has 2 aliphatic rings. The third kappa shape index (κ3) is 2.57. The van der Waals surface area contributed by atoms with E-state index in [1.807, 2.05) is 0 Å². The van der Waals surface area contributed by atoms with E-state index in [4.69, 9.17) is 11.6 Å². The van der Waals surface area contributed by atoms with E-state index in [1.54, 1.807) is 0 Å². The van der Waals surface area contributed by atoms with Crippen LogP contribution in [0.3, 0.4) is 0 Å². The summed E-state index contributed by atoms with van der Waals surface area (Å²) in [5, 5.41) is 3.25. The number of hydrogen-bond donors (Lipinski definition) is 1. The Labute approximate surface area is 123 Å². The van der Waals surface area contributed by atoms with Crippen molar-refractivity contribution in [2.75, 3.05) is 26.2 Å². The maximum absolute atomic E-state index is 14.3. The molecule has 1 saturated carbocycles. The normalized spacial score (nSPS) is 22.6. The van der Waals surface area contributed by atoms with Crippen LogP contribution < -0.4 is 5.32 Å². The zero-order chi connectivity index (χ0) is 14.1. The van der Waals surface area contributed by atoms with E-state index in [9.17, 15) is 8.78 Å². The fourth-order valence-corrected chi connectivity index (χ4v) is 3.51. The fourth-order valence-electron chi connectivity index (χ4n) is 3.25. The number of benzene rings is 1. The third-order valence-corrected chi connectivity index (χ3v) is 4.90. The molecule has 0 bridgehead atoms. The first kappa shape index (κ1) is 14.2. The Bertz CT molecular complexity index is 485. The summed E-state index contributed by atoms with van der Waals surface area (Å²) >= 11 is 6.08. The molecule has 1 aliphatic carbocycles. The quantitative estimate of drug-likeness (QED) is 0.861. The highest BCUT2D eigenvalue weighted by atomic mass is 35.5. The molecule has 1 aromatic carbocycles. The van der Waals surface area contributed by atoms with E-state index >= 15 is 0 Å². The maximum Gasteiger partial charge on any atom is 0.142 e. The van der Waals surface area contributed by atoms with E-state index in [0.717, 1.165) is 45.1 Å². The van der Waals surface area contributed by atoms with Gasteiger partial charge in [0, 0.05) is 37.8 Å². The monoisotopic (exact) mass is 300 g/mol. The molecule has 1 atom stereocenters. The Morgan fingerprint density at radius 2 is 1.80 bits per heavy atom. The molecule has 1 aromatic rings. The van der Waals surface area contributed by atoms with Crippen molar-refractivity contribution in [3.8, 4) is 0 Å². The second-order valence-electron chi connectivity index (χ2n) is 5.68. The van der Waals surface area contributed by atoms with Crippen LogP contribution in [-0.2, 0) is 0 Å². The van der Waals surface area contributed by atoms with Crippen molar-refractivity contribution in [1.82, 2.24) is 10.2 Å². The molecule has 5 heteroatoms. The predicted octanol–water partition coefficient (Wildman–Crippen LogP) is 3.36. The van der Waals surface area contributed by atoms with Crippen molar-refractivity contribution in [3.63, 3.8) is 0 Å². The minimum atomic E-state index is -0.525. The van der Waals surface area contributed by atoms with Crippen molar-refractivity contribution in [2.45, 2.75) is 25.3 Å². The van der Waals surface area contributed by atoms with Gasteiger partial charge in [0.25, 0.3) is 0 Å². The van der Waals surface area contributed by atoms with Crippen molar-refractivity contribution < 1.29 is 8.78 Å². The van der Waals surface area contributed by atoms with Crippen molar-refractivity contribution >= 4 is 11.6 Å². The van der Waals surface area contributed by atoms with Gasteiger partial charge in [-0.2, -0.15) is 0 Å². The summed E-state index contributed by atoms with van der Waals surface area (Å²) in [5.41, 5.74) is 0.360. The molecule has 1 N–H and O–H groups in total. The number of nitrogens with zero attached hydrogens (tertiary/aromatic N) is 1. The topological polar surface area (TPSA) is 15.3 Å². The van der Waals surface area contributed by atoms with E-state index in [1.165, 1.54) is 12.5 Å². The van der Waals surface area contributed by atoms with E-state index < -0.39 is 5.82 Å². The first-order chi connectivity index (χ1) is 9.68. The Kier molecular flexibility index (Phi) is 4.24. The molecule has 2 fully saturated rings. The zero-order valence-electron chi connectivity index (χ0n) is 11.3. The number of rotatable bonds is 3. The molecule has 1 saturated heterocycles. The molecule has 0 aromatic heterocycles. The van der Waals surface area contributed by atoms with Gasteiger partial charge < -0.3 is 5.32 Å². The standard InChI is InChI=1S/C15H19ClF2N2/c16-14-12(18)5-4-11(17)13(14)15(10-2-1-3-10)20-8-6-19-7-9-20/h4-5,10,15,19H,1-3,6-9H2/t15-/m1/s1. The Morgan fingerprint density at radius 3 is 2.40 bits per heavy atom. The lowest BCUT2D eigenvalue weighted by Gasteiger charge is -2.43. The van der Waals surface area contributed by atoms with Crippen LogP contribution in [0, 0.1) is 17.6 Å². The summed E-state index contributed by atoms with van der Waals surface area (Å²) in [5.74, 6) is -0.517. The number of nitrogens with one attached hydrogen (secondary N) is 1. The molecular formula is C15H19ClF2N2. The van der Waals surface area contributed by atoms with Crippen LogP contribution in [0.2, 0.25) is 5.02 Å². The number of halogens is 3. The van der Waals surface area contributed by atoms with Crippen LogP contribution in [0.1, 0.15) is 30.9 Å². The highest BCUT2D eigenvalue weighted by Crippen LogP contribution is 2.44. The van der Waals surface area contributed by atoms with Gasteiger partial charge in [0.2, 0.25) is 0 Å². The van der Waals surface area contributed by atoms with Crippen LogP contribution in [0.4, 0.5) is 8.78 Å². The van der Waals surface area contributed by atoms with Crippen LogP contribution in [-0.4, -0.2) is 31.1 Å². The Hall–Kier alpha value is -0.710. The van der Waals surface area contributed by atoms with Gasteiger partial charge in [0.15, 0.2) is 0 Å². The molecule has 3 rings (SSSR count). The Morgan fingerprint density at radius 1 is 1.15 bits per heavy atom. The van der Waals surface area contributed by atoms with Crippen LogP contribution in [0.5, 0.6) is 0 Å². The van der Waals surface area contributed by atoms with Gasteiger partial charge in [0.1, 0.15) is 11.6 Å². The summed E-state index contributed by atoms with van der Waals surface area (Å²) in [6.45, 7) is 3.48. The van der Waals surface area contributed by atoms with Gasteiger partial charge in [-0.15, -0.1) is 0 Å². The fraction of sp³-hybridized carbons (Fsp3) is 0.600. The van der Waals surface area contributed by atoms with Crippen molar-refractivity contribution in [2.24, 2.45) is 5.92 Å². The van der Waals surface area contributed by atoms with Crippen molar-refractivity contribution in [3.05, 3.63) is 34.4 Å². The van der Waals surface area contributed by atoms with Gasteiger partial charge in [-0.05, 0) is 30.9 Å². The summed E-state index contributed by atoms with van der Waals surface area (Å²) in [4.78, 5) is 2.25. The van der Waals surface area contributed by atoms with Crippen molar-refractivity contribution in [1.29, 1.82) is 0 Å². The third-order valence-electron chi connectivity index (χ3n) is 4.52. The maximum atomic E-state index is 14.3. The molecule has 1 aliphatic heterocycles. The first-order valence-corrected chi connectivity index (χ1v) is 7.64. The smallest absolute Gasteiger partial charge is 0.142 e. The number of hydrogen-bond acceptors (Lipinski definition) is 2. The average Bonchev–Trinajstić information content (AvgIpc) is 2.41. The van der Waals surface area contributed by atoms with E-state index in [-0.39, 0.29) is 16.9 Å². The van der Waals surface area contributed by atoms with Crippen LogP contribution >= 0.6 is 11.6 Å². The highest BCUT2D eigenvalue weighted by molar-refractivity contribution is 6.31. The second-order valence-corrected chi connectivity index (χ2v) is 6.06. The minimum absolute atomic E-state index is 0.0413. The van der Waals surface area contributed by atoms with E-state index in [2.05, 4.69) is 10.2 Å². The number of piperazine rings is 1. The van der Waals surface area contributed by atoms with Gasteiger partial charge in [-0.1, -0.05) is 18.0 Å². The minimum Gasteiger partial charge on any atom is -0.314 e. The zero-order valence-corrected chi connectivity index (χ0v) is 12.1. The molecule has 110 valence electrons. The lowest BCUT2D eigenvalue weighted by Crippen LogP contribution is -2.48. The summed E-state index contributed by atoms with van der Waals surface area (Å²) in [6.07, 6.45) is 3.31. The summed E-state index contributed by atoms with van der Waals surface area (Å²) in [7, 11) is 0. The lowest BCUT2D eigenvalue weighted by molar-refractivity contribution is 0.0810. The SMILES string of the molecule is Fc1ccc(F)c([C@@H](C2CCC2)N2CCNCC2)c1Cl. The molecule has 1 heterocycles. The molecule has 20 heavy (non-hydrogen) atoms. The van der Waals surface area contributed by atoms with Crippen LogP contribution in [0.25, 0.3) is 0 Å². The van der Waals surface area contributed by atoms with Gasteiger partial charge in [-0.25, -0.2) is 8.78 Å². The van der Waals surface area contributed by atoms with Crippen LogP contribution in [0.15, 0.2) is 12.1 Å². The van der Waals surface area contributed by atoms with E-state index in [0.29, 0.717) is 11.5 Å². The average molecular weight is 301 g/mol. The second kappa shape index (κ2) is 5.96. The summed E-state index contributed by atoms with van der Waals surface area (Å²) < 4.78 is 28.0. The largest absolute Gasteiger partial charge is 0.314 e. The molecular weight excluding hydrogens is 282 g/mol. The molecule has 0 spiro atoms. The lowest BCUT2D eigenvalue weighted by atomic mass is 9.76. The predicted molar refractivity (Wildman–Crippen MR) is 75.9 cm³/mol. The highest BCUT2D eigenvalue weighted by Gasteiger charge is 2.36. The first-order valence-electron chi connectivity index (χ1n) is 7.26. The molecule has 0 radical (unpaired) electrons. The molecule has 2 nitrogen and oxygen atoms in total. The Balaban J connectivity index is 1.98. The summed E-state index contributed by atoms with van der Waals surface area (Å²) in [6, 6.07) is 2.22. The molecule has 0 unspecified atom stereocenters. The van der Waals surface area contributed by atoms with Gasteiger partial charge in [0.05, 0.1) is 5.02 Å². The van der Waals surface area contributed by atoms with Gasteiger partial charge >= 0.3 is 0 Å².